The molecule has 0 saturated carbocycles. The predicted octanol–water partition coefficient (Wildman–Crippen LogP) is -1.04. The summed E-state index contributed by atoms with van der Waals surface area (Å²) in [6.07, 6.45) is 0. The summed E-state index contributed by atoms with van der Waals surface area (Å²) in [4.78, 5) is 0. The Morgan fingerprint density at radius 3 is 1.25 bits per heavy atom. The SMILES string of the molecule is [BaH2].[O]=[Zn].[V]. The van der Waals surface area contributed by atoms with Crippen molar-refractivity contribution in [2.45, 2.75) is 0 Å². The minimum absolute atomic E-state index is 0. The van der Waals surface area contributed by atoms with Crippen LogP contribution in [-0.2, 0) is 40.4 Å². The van der Waals surface area contributed by atoms with Gasteiger partial charge >= 0.3 is 70.7 Å². The second-order valence-corrected chi connectivity index (χ2v) is 0. The van der Waals surface area contributed by atoms with E-state index in [0.29, 0.717) is 0 Å². The zero-order chi connectivity index (χ0) is 2.00. The minimum Gasteiger partial charge on any atom is 0 e. The summed E-state index contributed by atoms with van der Waals surface area (Å²) in [7, 11) is 0. The third kappa shape index (κ3) is 8.82. The van der Waals surface area contributed by atoms with E-state index >= 15 is 0 Å². The number of hydrogen-bond acceptors (Lipinski definition) is 1. The minimum atomic E-state index is 0. The van der Waals surface area contributed by atoms with Gasteiger partial charge in [0.25, 0.3) is 0 Å². The molecule has 1 radical (unpaired) electrons. The van der Waals surface area contributed by atoms with Crippen LogP contribution < -0.4 is 0 Å². The van der Waals surface area contributed by atoms with Crippen molar-refractivity contribution in [3.63, 3.8) is 0 Å². The Labute approximate surface area is 87.2 Å². The molecular formula is H2BaOVZn. The second kappa shape index (κ2) is 17.6. The van der Waals surface area contributed by atoms with Crippen LogP contribution in [0, 0.1) is 0 Å². The van der Waals surface area contributed by atoms with Gasteiger partial charge in [-0.3, -0.25) is 0 Å². The van der Waals surface area contributed by atoms with Gasteiger partial charge in [0.05, 0.1) is 0 Å². The van der Waals surface area contributed by atoms with E-state index < -0.39 is 0 Å². The summed E-state index contributed by atoms with van der Waals surface area (Å²) >= 11 is 0.125. The van der Waals surface area contributed by atoms with Crippen molar-refractivity contribution in [2.75, 3.05) is 0 Å². The second-order valence-electron chi connectivity index (χ2n) is 0. The molecule has 0 aliphatic heterocycles. The van der Waals surface area contributed by atoms with Crippen LogP contribution in [-0.4, -0.2) is 48.9 Å². The van der Waals surface area contributed by atoms with Crippen LogP contribution in [0.15, 0.2) is 0 Å². The van der Waals surface area contributed by atoms with E-state index in [1.165, 1.54) is 0 Å². The molecule has 0 bridgehead atoms. The first kappa shape index (κ1) is 16.0. The van der Waals surface area contributed by atoms with Crippen LogP contribution >= 0.6 is 0 Å². The first-order chi connectivity index (χ1) is 1.00. The first-order valence-electron chi connectivity index (χ1n) is 0.289. The van der Waals surface area contributed by atoms with Crippen LogP contribution in [0.3, 0.4) is 0 Å². The molecule has 17 valence electrons. The fourth-order valence-corrected chi connectivity index (χ4v) is 0. The number of hydrogen-bond donors (Lipinski definition) is 0. The van der Waals surface area contributed by atoms with Gasteiger partial charge in [-0.2, -0.15) is 0 Å². The maximum Gasteiger partial charge on any atom is 0 e. The predicted molar refractivity (Wildman–Crippen MR) is 9.23 cm³/mol. The molecule has 0 N–H and O–H groups in total. The normalized spacial score (nSPS) is 1.50. The van der Waals surface area contributed by atoms with Gasteiger partial charge in [-0.05, 0) is 0 Å². The summed E-state index contributed by atoms with van der Waals surface area (Å²) in [5, 5.41) is 0. The maximum atomic E-state index is 8.38. The maximum absolute atomic E-state index is 8.38. The summed E-state index contributed by atoms with van der Waals surface area (Å²) < 4.78 is 8.38. The van der Waals surface area contributed by atoms with Crippen LogP contribution in [0.4, 0.5) is 0 Å². The van der Waals surface area contributed by atoms with Crippen molar-refractivity contribution in [2.24, 2.45) is 0 Å². The summed E-state index contributed by atoms with van der Waals surface area (Å²) in [5.74, 6) is 0. The molecule has 0 aliphatic carbocycles. The Kier molecular flexibility index (Phi) is 70.3. The third-order valence-electron chi connectivity index (χ3n) is 0. The molecule has 0 rings (SSSR count). The molecule has 0 spiro atoms. The zero-order valence-electron chi connectivity index (χ0n) is 1.56. The molecule has 1 nitrogen and oxygen atoms in total. The molecule has 4 heavy (non-hydrogen) atoms. The molecular weight excluding hydrogens is 270 g/mol. The average Bonchev–Trinajstić information content (AvgIpc) is 1.00. The summed E-state index contributed by atoms with van der Waals surface area (Å²) in [6, 6.07) is 0. The van der Waals surface area contributed by atoms with Gasteiger partial charge in [0.15, 0.2) is 0 Å². The van der Waals surface area contributed by atoms with Gasteiger partial charge < -0.3 is 0 Å². The molecule has 0 amide bonds. The Hall–Kier alpha value is 2.58. The average molecular weight is 272 g/mol. The van der Waals surface area contributed by atoms with Gasteiger partial charge in [0.1, 0.15) is 0 Å². The van der Waals surface area contributed by atoms with E-state index in [-0.39, 0.29) is 85.7 Å². The molecule has 0 aliphatic rings. The van der Waals surface area contributed by atoms with Gasteiger partial charge in [-0.25, -0.2) is 0 Å². The molecule has 0 unspecified atom stereocenters. The van der Waals surface area contributed by atoms with E-state index in [1.54, 1.807) is 0 Å². The monoisotopic (exact) mass is 271 g/mol. The van der Waals surface area contributed by atoms with E-state index in [9.17, 15) is 0 Å². The molecule has 0 fully saturated rings. The van der Waals surface area contributed by atoms with Crippen molar-refractivity contribution in [1.29, 1.82) is 0 Å². The Bertz CT molecular complexity index is 8.00. The summed E-state index contributed by atoms with van der Waals surface area (Å²) in [6.45, 7) is 0. The van der Waals surface area contributed by atoms with Gasteiger partial charge in [-0.1, -0.05) is 0 Å². The van der Waals surface area contributed by atoms with Crippen molar-refractivity contribution in [3.8, 4) is 0 Å². The molecule has 0 aromatic rings. The van der Waals surface area contributed by atoms with E-state index in [4.69, 9.17) is 3.57 Å². The van der Waals surface area contributed by atoms with Crippen LogP contribution in [0.1, 0.15) is 0 Å². The number of rotatable bonds is 0. The van der Waals surface area contributed by atoms with Crippen LogP contribution in [0.5, 0.6) is 0 Å². The first-order valence-corrected chi connectivity index (χ1v) is 1.50. The molecule has 0 atom stereocenters. The van der Waals surface area contributed by atoms with E-state index in [1.807, 2.05) is 0 Å². The van der Waals surface area contributed by atoms with Gasteiger partial charge in [0.2, 0.25) is 0 Å². The summed E-state index contributed by atoms with van der Waals surface area (Å²) in [5.41, 5.74) is 0. The van der Waals surface area contributed by atoms with Gasteiger partial charge in [-0.15, -0.1) is 0 Å². The van der Waals surface area contributed by atoms with Crippen LogP contribution in [0.2, 0.25) is 0 Å². The molecule has 0 heterocycles. The van der Waals surface area contributed by atoms with E-state index in [2.05, 4.69) is 0 Å². The molecule has 0 aromatic heterocycles. The fourth-order valence-electron chi connectivity index (χ4n) is 0. The molecule has 0 saturated heterocycles. The Morgan fingerprint density at radius 2 is 1.25 bits per heavy atom. The van der Waals surface area contributed by atoms with Crippen molar-refractivity contribution >= 4 is 48.9 Å². The standard InChI is InChI=1S/Ba.O.V.Zn.2H. The Morgan fingerprint density at radius 1 is 1.25 bits per heavy atom. The van der Waals surface area contributed by atoms with Crippen LogP contribution in [0.25, 0.3) is 0 Å². The third-order valence-corrected chi connectivity index (χ3v) is 0. The van der Waals surface area contributed by atoms with Gasteiger partial charge in [0, 0.05) is 18.6 Å². The van der Waals surface area contributed by atoms with E-state index in [0.717, 1.165) is 0 Å². The Balaban J connectivity index is -0.00000000500. The zero-order valence-corrected chi connectivity index (χ0v) is 5.93. The largest absolute Gasteiger partial charge is 0 e. The fraction of sp³-hybridized carbons (Fsp3) is 0. The quantitative estimate of drug-likeness (QED) is 0.515. The van der Waals surface area contributed by atoms with Crippen molar-refractivity contribution in [1.82, 2.24) is 0 Å². The van der Waals surface area contributed by atoms with Crippen molar-refractivity contribution in [3.05, 3.63) is 0 Å². The smallest absolute Gasteiger partial charge is 0 e. The van der Waals surface area contributed by atoms with Crippen molar-refractivity contribution < 1.29 is 40.4 Å². The topological polar surface area (TPSA) is 17.1 Å². The molecule has 0 aromatic carbocycles. The molecule has 4 heteroatoms.